The summed E-state index contributed by atoms with van der Waals surface area (Å²) in [6.45, 7) is 2.60. The van der Waals surface area contributed by atoms with Crippen molar-refractivity contribution in [2.45, 2.75) is 12.8 Å². The molecule has 0 aromatic carbocycles. The highest BCUT2D eigenvalue weighted by Crippen LogP contribution is 2.15. The molecule has 0 radical (unpaired) electrons. The molecule has 72 valence electrons. The summed E-state index contributed by atoms with van der Waals surface area (Å²) in [4.78, 5) is 13.0. The van der Waals surface area contributed by atoms with Crippen molar-refractivity contribution in [1.29, 1.82) is 0 Å². The quantitative estimate of drug-likeness (QED) is 0.610. The molecule has 0 saturated carbocycles. The lowest BCUT2D eigenvalue weighted by atomic mass is 9.98. The van der Waals surface area contributed by atoms with Crippen LogP contribution in [-0.2, 0) is 4.79 Å². The number of hydrogen-bond acceptors (Lipinski definition) is 2. The number of amides is 1. The van der Waals surface area contributed by atoms with Crippen LogP contribution in [0, 0.1) is 18.3 Å². The summed E-state index contributed by atoms with van der Waals surface area (Å²) < 4.78 is 0. The molecule has 1 atom stereocenters. The van der Waals surface area contributed by atoms with Gasteiger partial charge in [-0.2, -0.15) is 0 Å². The Bertz CT molecular complexity index is 217. The van der Waals surface area contributed by atoms with Crippen LogP contribution in [0.1, 0.15) is 12.8 Å². The zero-order valence-electron chi connectivity index (χ0n) is 8.05. The lowest BCUT2D eigenvalue weighted by Gasteiger charge is -2.31. The van der Waals surface area contributed by atoms with E-state index in [9.17, 15) is 4.79 Å². The minimum atomic E-state index is -0.166. The van der Waals surface area contributed by atoms with E-state index in [0.29, 0.717) is 5.92 Å². The fraction of sp³-hybridized carbons (Fsp3) is 0.700. The number of carbonyl (C=O) groups excluding carboxylic acids is 1. The van der Waals surface area contributed by atoms with Gasteiger partial charge < -0.3 is 10.2 Å². The first-order valence-corrected chi connectivity index (χ1v) is 4.68. The number of rotatable bonds is 2. The van der Waals surface area contributed by atoms with Gasteiger partial charge in [0.1, 0.15) is 0 Å². The second-order valence-corrected chi connectivity index (χ2v) is 3.46. The fourth-order valence-electron chi connectivity index (χ4n) is 1.80. The van der Waals surface area contributed by atoms with E-state index in [0.717, 1.165) is 26.1 Å². The zero-order chi connectivity index (χ0) is 9.68. The summed E-state index contributed by atoms with van der Waals surface area (Å²) >= 11 is 0. The number of nitrogens with one attached hydrogen (secondary N) is 1. The smallest absolute Gasteiger partial charge is 0.298 e. The van der Waals surface area contributed by atoms with Crippen LogP contribution in [0.2, 0.25) is 0 Å². The second kappa shape index (κ2) is 4.88. The highest BCUT2D eigenvalue weighted by atomic mass is 16.2. The van der Waals surface area contributed by atoms with Crippen molar-refractivity contribution in [2.75, 3.05) is 26.7 Å². The number of piperidine rings is 1. The van der Waals surface area contributed by atoms with Crippen molar-refractivity contribution in [3.05, 3.63) is 0 Å². The van der Waals surface area contributed by atoms with Crippen molar-refractivity contribution in [2.24, 2.45) is 5.92 Å². The van der Waals surface area contributed by atoms with Crippen molar-refractivity contribution in [3.63, 3.8) is 0 Å². The van der Waals surface area contributed by atoms with Crippen molar-refractivity contribution < 1.29 is 4.79 Å². The van der Waals surface area contributed by atoms with Crippen molar-refractivity contribution in [1.82, 2.24) is 10.2 Å². The molecule has 1 fully saturated rings. The Hall–Kier alpha value is -1.01. The molecule has 1 heterocycles. The maximum Gasteiger partial charge on any atom is 0.298 e. The van der Waals surface area contributed by atoms with E-state index in [1.54, 1.807) is 4.90 Å². The normalized spacial score (nSPS) is 22.5. The summed E-state index contributed by atoms with van der Waals surface area (Å²) in [5.74, 6) is 2.56. The van der Waals surface area contributed by atoms with Crippen LogP contribution < -0.4 is 5.32 Å². The van der Waals surface area contributed by atoms with Crippen LogP contribution in [-0.4, -0.2) is 37.5 Å². The average molecular weight is 180 g/mol. The molecule has 1 amide bonds. The molecule has 0 aromatic rings. The molecular formula is C10H16N2O. The number of nitrogens with zero attached hydrogens (tertiary/aromatic N) is 1. The third-order valence-corrected chi connectivity index (χ3v) is 2.42. The van der Waals surface area contributed by atoms with E-state index in [1.165, 1.54) is 6.42 Å². The van der Waals surface area contributed by atoms with Gasteiger partial charge in [0.25, 0.3) is 5.91 Å². The van der Waals surface area contributed by atoms with E-state index in [2.05, 4.69) is 11.2 Å². The molecular weight excluding hydrogens is 164 g/mol. The molecule has 1 rings (SSSR count). The Balaban J connectivity index is 2.42. The van der Waals surface area contributed by atoms with Crippen LogP contribution >= 0.6 is 0 Å². The highest BCUT2D eigenvalue weighted by molar-refractivity contribution is 5.92. The van der Waals surface area contributed by atoms with Gasteiger partial charge in [0.05, 0.1) is 0 Å². The lowest BCUT2D eigenvalue weighted by molar-refractivity contribution is -0.126. The molecule has 1 saturated heterocycles. The first-order chi connectivity index (χ1) is 6.27. The van der Waals surface area contributed by atoms with Gasteiger partial charge in [-0.1, -0.05) is 0 Å². The molecule has 0 spiro atoms. The number of carbonyl (C=O) groups is 1. The predicted molar refractivity (Wildman–Crippen MR) is 52.1 cm³/mol. The number of likely N-dealkylation sites (tertiary alicyclic amines) is 1. The van der Waals surface area contributed by atoms with Gasteiger partial charge in [-0.15, -0.1) is 6.42 Å². The fourth-order valence-corrected chi connectivity index (χ4v) is 1.80. The summed E-state index contributed by atoms with van der Waals surface area (Å²) in [7, 11) is 1.93. The first-order valence-electron chi connectivity index (χ1n) is 4.68. The predicted octanol–water partition coefficient (Wildman–Crippen LogP) is 0.0776. The molecule has 1 aliphatic heterocycles. The maximum absolute atomic E-state index is 11.2. The Morgan fingerprint density at radius 2 is 2.54 bits per heavy atom. The van der Waals surface area contributed by atoms with Gasteiger partial charge in [-0.3, -0.25) is 4.79 Å². The summed E-state index contributed by atoms with van der Waals surface area (Å²) in [6.07, 6.45) is 7.32. The molecule has 1 N–H and O–H groups in total. The van der Waals surface area contributed by atoms with Crippen molar-refractivity contribution >= 4 is 5.91 Å². The average Bonchev–Trinajstić information content (AvgIpc) is 2.18. The summed E-state index contributed by atoms with van der Waals surface area (Å²) in [5.41, 5.74) is 0. The number of hydrogen-bond donors (Lipinski definition) is 1. The van der Waals surface area contributed by atoms with Gasteiger partial charge in [-0.05, 0) is 38.3 Å². The van der Waals surface area contributed by atoms with E-state index in [1.807, 2.05) is 7.05 Å². The van der Waals surface area contributed by atoms with Crippen LogP contribution in [0.4, 0.5) is 0 Å². The van der Waals surface area contributed by atoms with Crippen LogP contribution in [0.5, 0.6) is 0 Å². The van der Waals surface area contributed by atoms with E-state index in [4.69, 9.17) is 6.42 Å². The molecule has 0 bridgehead atoms. The third kappa shape index (κ3) is 2.74. The van der Waals surface area contributed by atoms with E-state index < -0.39 is 0 Å². The van der Waals surface area contributed by atoms with Crippen LogP contribution in [0.3, 0.4) is 0 Å². The van der Waals surface area contributed by atoms with Gasteiger partial charge in [0.15, 0.2) is 0 Å². The molecule has 3 nitrogen and oxygen atoms in total. The molecule has 0 aliphatic carbocycles. The second-order valence-electron chi connectivity index (χ2n) is 3.46. The van der Waals surface area contributed by atoms with E-state index >= 15 is 0 Å². The summed E-state index contributed by atoms with van der Waals surface area (Å²) in [6, 6.07) is 0. The Morgan fingerprint density at radius 1 is 1.77 bits per heavy atom. The maximum atomic E-state index is 11.2. The minimum Gasteiger partial charge on any atom is -0.332 e. The van der Waals surface area contributed by atoms with E-state index in [-0.39, 0.29) is 5.91 Å². The Kier molecular flexibility index (Phi) is 3.78. The monoisotopic (exact) mass is 180 g/mol. The van der Waals surface area contributed by atoms with Gasteiger partial charge in [0, 0.05) is 13.1 Å². The third-order valence-electron chi connectivity index (χ3n) is 2.42. The van der Waals surface area contributed by atoms with Crippen LogP contribution in [0.15, 0.2) is 0 Å². The van der Waals surface area contributed by atoms with Crippen molar-refractivity contribution in [3.8, 4) is 12.3 Å². The Labute approximate surface area is 79.5 Å². The SMILES string of the molecule is C#CC(=O)N1CCCC(CNC)C1. The highest BCUT2D eigenvalue weighted by Gasteiger charge is 2.21. The standard InChI is InChI=1S/C10H16N2O/c1-3-10(13)12-6-4-5-9(8-12)7-11-2/h1,9,11H,4-8H2,2H3. The van der Waals surface area contributed by atoms with Gasteiger partial charge in [0.2, 0.25) is 0 Å². The Morgan fingerprint density at radius 3 is 3.15 bits per heavy atom. The first kappa shape index (κ1) is 10.1. The largest absolute Gasteiger partial charge is 0.332 e. The van der Waals surface area contributed by atoms with Gasteiger partial charge >= 0.3 is 0 Å². The van der Waals surface area contributed by atoms with Crippen LogP contribution in [0.25, 0.3) is 0 Å². The molecule has 13 heavy (non-hydrogen) atoms. The zero-order valence-corrected chi connectivity index (χ0v) is 8.05. The lowest BCUT2D eigenvalue weighted by Crippen LogP contribution is -2.41. The number of terminal acetylenes is 1. The van der Waals surface area contributed by atoms with Gasteiger partial charge in [-0.25, -0.2) is 0 Å². The molecule has 1 unspecified atom stereocenters. The molecule has 3 heteroatoms. The molecule has 1 aliphatic rings. The molecule has 0 aromatic heterocycles. The topological polar surface area (TPSA) is 32.3 Å². The minimum absolute atomic E-state index is 0.166. The summed E-state index contributed by atoms with van der Waals surface area (Å²) in [5, 5.41) is 3.13.